The molecule has 12 heteroatoms. The Kier molecular flexibility index (Phi) is 5.76. The maximum Gasteiger partial charge on any atom is 0.323 e. The first-order chi connectivity index (χ1) is 14.4. The number of rotatable bonds is 4. The molecule has 0 aliphatic carbocycles. The molecule has 1 saturated heterocycles. The van der Waals surface area contributed by atoms with Gasteiger partial charge in [-0.25, -0.2) is 23.2 Å². The quantitative estimate of drug-likeness (QED) is 0.626. The van der Waals surface area contributed by atoms with Gasteiger partial charge in [0.05, 0.1) is 17.3 Å². The van der Waals surface area contributed by atoms with E-state index in [4.69, 9.17) is 16.3 Å². The Morgan fingerprint density at radius 3 is 2.60 bits per heavy atom. The second-order valence-corrected chi connectivity index (χ2v) is 10.3. The molecule has 0 saturated carbocycles. The third-order valence-corrected chi connectivity index (χ3v) is 8.29. The third kappa shape index (κ3) is 4.05. The molecular weight excluding hydrogens is 450 g/mol. The number of nitrogens with zero attached hydrogens (tertiary/aromatic N) is 4. The zero-order valence-corrected chi connectivity index (χ0v) is 18.3. The molecule has 1 fully saturated rings. The molecule has 2 amide bonds. The van der Waals surface area contributed by atoms with Crippen molar-refractivity contribution in [1.29, 1.82) is 0 Å². The number of sulfone groups is 1. The highest BCUT2D eigenvalue weighted by molar-refractivity contribution is 7.92. The number of hydrogen-bond donors (Lipinski definition) is 1. The fourth-order valence-corrected chi connectivity index (χ4v) is 5.94. The molecule has 3 aromatic rings. The fraction of sp³-hybridized carbons (Fsp3) is 0.333. The van der Waals surface area contributed by atoms with Gasteiger partial charge in [0.15, 0.2) is 25.3 Å². The minimum Gasteiger partial charge on any atom is -0.479 e. The van der Waals surface area contributed by atoms with Crippen molar-refractivity contribution >= 4 is 54.3 Å². The van der Waals surface area contributed by atoms with Crippen molar-refractivity contribution in [3.05, 3.63) is 35.6 Å². The van der Waals surface area contributed by atoms with Crippen molar-refractivity contribution in [3.63, 3.8) is 0 Å². The summed E-state index contributed by atoms with van der Waals surface area (Å²) in [6, 6.07) is 5.83. The lowest BCUT2D eigenvalue weighted by molar-refractivity contribution is 0.200. The number of likely N-dealkylation sites (tertiary alicyclic amines) is 1. The number of aromatic nitrogens is 3. The van der Waals surface area contributed by atoms with Crippen LogP contribution in [0, 0.1) is 0 Å². The second-order valence-electron chi connectivity index (χ2n) is 6.67. The van der Waals surface area contributed by atoms with Gasteiger partial charge in [-0.1, -0.05) is 22.9 Å². The van der Waals surface area contributed by atoms with Crippen LogP contribution in [0.4, 0.5) is 9.93 Å². The van der Waals surface area contributed by atoms with Gasteiger partial charge in [0.2, 0.25) is 5.88 Å². The van der Waals surface area contributed by atoms with Crippen molar-refractivity contribution in [2.24, 2.45) is 0 Å². The molecule has 30 heavy (non-hydrogen) atoms. The summed E-state index contributed by atoms with van der Waals surface area (Å²) in [4.78, 5) is 27.5. The molecule has 2 aromatic heterocycles. The molecule has 0 spiro atoms. The lowest BCUT2D eigenvalue weighted by Gasteiger charge is -2.31. The summed E-state index contributed by atoms with van der Waals surface area (Å²) in [7, 11) is -1.98. The topological polar surface area (TPSA) is 114 Å². The number of piperidine rings is 1. The molecular formula is C18H18ClN5O4S2. The number of thiazole rings is 1. The van der Waals surface area contributed by atoms with E-state index >= 15 is 0 Å². The minimum atomic E-state index is -3.47. The average molecular weight is 468 g/mol. The summed E-state index contributed by atoms with van der Waals surface area (Å²) in [6.45, 7) is 0.661. The van der Waals surface area contributed by atoms with Gasteiger partial charge in [0.1, 0.15) is 6.33 Å². The first-order valence-electron chi connectivity index (χ1n) is 9.09. The molecule has 3 heterocycles. The van der Waals surface area contributed by atoms with Crippen LogP contribution in [0.2, 0.25) is 5.02 Å². The van der Waals surface area contributed by atoms with E-state index in [0.717, 1.165) is 0 Å². The van der Waals surface area contributed by atoms with E-state index in [9.17, 15) is 13.2 Å². The van der Waals surface area contributed by atoms with Crippen molar-refractivity contribution in [1.82, 2.24) is 19.9 Å². The van der Waals surface area contributed by atoms with Gasteiger partial charge in [-0.3, -0.25) is 5.32 Å². The Morgan fingerprint density at radius 2 is 1.93 bits per heavy atom. The zero-order chi connectivity index (χ0) is 21.3. The minimum absolute atomic E-state index is 0.249. The van der Waals surface area contributed by atoms with Crippen LogP contribution >= 0.6 is 22.9 Å². The Bertz CT molecular complexity index is 1180. The van der Waals surface area contributed by atoms with Gasteiger partial charge in [-0.15, -0.1) is 0 Å². The van der Waals surface area contributed by atoms with Crippen LogP contribution < -0.4 is 10.1 Å². The highest BCUT2D eigenvalue weighted by atomic mass is 35.5. The maximum absolute atomic E-state index is 12.8. The van der Waals surface area contributed by atoms with Crippen molar-refractivity contribution < 1.29 is 17.9 Å². The highest BCUT2D eigenvalue weighted by Gasteiger charge is 2.33. The number of nitrogens with one attached hydrogen (secondary N) is 1. The van der Waals surface area contributed by atoms with Crippen molar-refractivity contribution in [3.8, 4) is 5.88 Å². The normalized spacial score (nSPS) is 15.3. The number of halogens is 1. The van der Waals surface area contributed by atoms with Crippen LogP contribution in [0.1, 0.15) is 12.8 Å². The molecule has 9 nitrogen and oxygen atoms in total. The molecule has 1 aromatic carbocycles. The summed E-state index contributed by atoms with van der Waals surface area (Å²) in [5.41, 5.74) is 0.480. The Morgan fingerprint density at radius 1 is 1.23 bits per heavy atom. The van der Waals surface area contributed by atoms with E-state index in [1.54, 1.807) is 17.0 Å². The number of ether oxygens (including phenoxy) is 1. The molecule has 0 atom stereocenters. The Balaban J connectivity index is 1.40. The van der Waals surface area contributed by atoms with Gasteiger partial charge in [0.25, 0.3) is 0 Å². The summed E-state index contributed by atoms with van der Waals surface area (Å²) < 4.78 is 30.8. The maximum atomic E-state index is 12.8. The highest BCUT2D eigenvalue weighted by Crippen LogP contribution is 2.30. The second kappa shape index (κ2) is 8.32. The van der Waals surface area contributed by atoms with Crippen molar-refractivity contribution in [2.75, 3.05) is 25.5 Å². The van der Waals surface area contributed by atoms with E-state index in [2.05, 4.69) is 20.3 Å². The largest absolute Gasteiger partial charge is 0.479 e. The lowest BCUT2D eigenvalue weighted by atomic mass is 10.1. The standard InChI is InChI=1S/C18H18ClN5O4S2/c1-28-15-14-16(21-10-20-15)29-17(22-14)23-18(25)24-8-6-13(7-9-24)30(26,27)12-4-2-11(19)3-5-12/h2-5,10,13H,6-9H2,1H3,(H,22,23,25). The van der Waals surface area contributed by atoms with Crippen LogP contribution in [0.3, 0.4) is 0 Å². The van der Waals surface area contributed by atoms with Crippen LogP contribution in [0.5, 0.6) is 5.88 Å². The number of hydrogen-bond acceptors (Lipinski definition) is 8. The van der Waals surface area contributed by atoms with Gasteiger partial charge >= 0.3 is 6.03 Å². The van der Waals surface area contributed by atoms with Gasteiger partial charge in [-0.2, -0.15) is 4.98 Å². The number of fused-ring (bicyclic) bond motifs is 1. The smallest absolute Gasteiger partial charge is 0.323 e. The summed E-state index contributed by atoms with van der Waals surface area (Å²) >= 11 is 7.06. The van der Waals surface area contributed by atoms with Crippen LogP contribution in [0.15, 0.2) is 35.5 Å². The van der Waals surface area contributed by atoms with E-state index < -0.39 is 15.1 Å². The third-order valence-electron chi connectivity index (χ3n) is 4.88. The average Bonchev–Trinajstić information content (AvgIpc) is 3.16. The first kappa shape index (κ1) is 20.8. The van der Waals surface area contributed by atoms with Crippen LogP contribution in [0.25, 0.3) is 10.3 Å². The number of carbonyl (C=O) groups excluding carboxylic acids is 1. The Labute approximate surface area is 182 Å². The molecule has 0 unspecified atom stereocenters. The number of urea groups is 1. The molecule has 0 bridgehead atoms. The number of anilines is 1. The van der Waals surface area contributed by atoms with Gasteiger partial charge < -0.3 is 9.64 Å². The predicted molar refractivity (Wildman–Crippen MR) is 114 cm³/mol. The molecule has 4 rings (SSSR count). The molecule has 1 aliphatic heterocycles. The summed E-state index contributed by atoms with van der Waals surface area (Å²) in [5.74, 6) is 0.338. The summed E-state index contributed by atoms with van der Waals surface area (Å²) in [6.07, 6.45) is 2.09. The van der Waals surface area contributed by atoms with E-state index in [0.29, 0.717) is 52.3 Å². The molecule has 1 aliphatic rings. The van der Waals surface area contributed by atoms with E-state index in [1.165, 1.54) is 36.9 Å². The fourth-order valence-electron chi connectivity index (χ4n) is 3.29. The zero-order valence-electron chi connectivity index (χ0n) is 15.9. The van der Waals surface area contributed by atoms with E-state index in [1.807, 2.05) is 0 Å². The molecule has 0 radical (unpaired) electrons. The van der Waals surface area contributed by atoms with Gasteiger partial charge in [0, 0.05) is 18.1 Å². The number of benzene rings is 1. The van der Waals surface area contributed by atoms with Gasteiger partial charge in [-0.05, 0) is 37.1 Å². The lowest BCUT2D eigenvalue weighted by Crippen LogP contribution is -2.44. The predicted octanol–water partition coefficient (Wildman–Crippen LogP) is 3.22. The number of amides is 2. The summed E-state index contributed by atoms with van der Waals surface area (Å²) in [5, 5.41) is 3.08. The molecule has 1 N–H and O–H groups in total. The van der Waals surface area contributed by atoms with Crippen molar-refractivity contribution in [2.45, 2.75) is 23.0 Å². The SMILES string of the molecule is COc1ncnc2sc(NC(=O)N3CCC(S(=O)(=O)c4ccc(Cl)cc4)CC3)nc12. The van der Waals surface area contributed by atoms with E-state index in [-0.39, 0.29) is 10.9 Å². The first-order valence-corrected chi connectivity index (χ1v) is 11.8. The number of carbonyl (C=O) groups is 1. The van der Waals surface area contributed by atoms with Crippen LogP contribution in [-0.2, 0) is 9.84 Å². The monoisotopic (exact) mass is 467 g/mol. The number of methoxy groups -OCH3 is 1. The van der Waals surface area contributed by atoms with Crippen LogP contribution in [-0.4, -0.2) is 59.8 Å². The Hall–Kier alpha value is -2.50. The molecule has 158 valence electrons.